The van der Waals surface area contributed by atoms with Crippen molar-refractivity contribution >= 4 is 34.7 Å². The summed E-state index contributed by atoms with van der Waals surface area (Å²) < 4.78 is 0. The molecule has 102 valence electrons. The van der Waals surface area contributed by atoms with Crippen molar-refractivity contribution in [3.63, 3.8) is 0 Å². The Bertz CT molecular complexity index is 668. The predicted octanol–water partition coefficient (Wildman–Crippen LogP) is 3.03. The number of nitrogens with two attached hydrogens (primary N) is 1. The lowest BCUT2D eigenvalue weighted by Crippen LogP contribution is -2.09. The Morgan fingerprint density at radius 1 is 1.40 bits per heavy atom. The normalized spacial score (nSPS) is 9.70. The van der Waals surface area contributed by atoms with E-state index in [1.54, 1.807) is 17.8 Å². The Hall–Kier alpha value is -1.74. The molecule has 0 radical (unpaired) electrons. The molecule has 0 unspecified atom stereocenters. The topological polar surface area (TPSA) is 55.1 Å². The van der Waals surface area contributed by atoms with Gasteiger partial charge in [0.15, 0.2) is 0 Å². The molecule has 1 amide bonds. The smallest absolute Gasteiger partial charge is 0.265 e. The molecule has 5 heteroatoms. The van der Waals surface area contributed by atoms with Crippen LogP contribution in [0.1, 0.15) is 14.5 Å². The van der Waals surface area contributed by atoms with Crippen LogP contribution in [-0.4, -0.2) is 18.7 Å². The maximum absolute atomic E-state index is 12.1. The van der Waals surface area contributed by atoms with Crippen LogP contribution in [0.5, 0.6) is 0 Å². The average molecular weight is 302 g/mol. The number of thioether (sulfide) groups is 1. The minimum absolute atomic E-state index is 0.117. The van der Waals surface area contributed by atoms with Crippen LogP contribution in [0, 0.1) is 11.8 Å². The Morgan fingerprint density at radius 2 is 2.25 bits per heavy atom. The molecule has 1 heterocycles. The standard InChI is InChI=1S/C15H14N2OS2/c1-19-13-5-2-4-11(10-13)17-15(18)14-8-7-12(20-14)6-3-9-16/h2,4-5,7-8,10H,9,16H2,1H3,(H,17,18). The molecule has 0 fully saturated rings. The highest BCUT2D eigenvalue weighted by molar-refractivity contribution is 7.98. The zero-order chi connectivity index (χ0) is 14.4. The second kappa shape index (κ2) is 7.15. The zero-order valence-corrected chi connectivity index (χ0v) is 12.6. The number of hydrogen-bond acceptors (Lipinski definition) is 4. The van der Waals surface area contributed by atoms with Crippen LogP contribution in [0.3, 0.4) is 0 Å². The zero-order valence-electron chi connectivity index (χ0n) is 11.0. The summed E-state index contributed by atoms with van der Waals surface area (Å²) in [6, 6.07) is 11.4. The molecule has 0 atom stereocenters. The fraction of sp³-hybridized carbons (Fsp3) is 0.133. The molecule has 0 saturated carbocycles. The van der Waals surface area contributed by atoms with Crippen molar-refractivity contribution in [1.82, 2.24) is 0 Å². The SMILES string of the molecule is CSc1cccc(NC(=O)c2ccc(C#CCN)s2)c1. The van der Waals surface area contributed by atoms with Gasteiger partial charge in [-0.25, -0.2) is 0 Å². The van der Waals surface area contributed by atoms with E-state index in [0.717, 1.165) is 15.5 Å². The van der Waals surface area contributed by atoms with Crippen LogP contribution >= 0.6 is 23.1 Å². The van der Waals surface area contributed by atoms with E-state index in [4.69, 9.17) is 5.73 Å². The van der Waals surface area contributed by atoms with Gasteiger partial charge in [0.2, 0.25) is 0 Å². The van der Waals surface area contributed by atoms with Gasteiger partial charge in [-0.15, -0.1) is 23.1 Å². The largest absolute Gasteiger partial charge is 0.321 e. The van der Waals surface area contributed by atoms with Crippen molar-refractivity contribution in [2.75, 3.05) is 18.1 Å². The van der Waals surface area contributed by atoms with Crippen LogP contribution < -0.4 is 11.1 Å². The number of amides is 1. The van der Waals surface area contributed by atoms with Gasteiger partial charge in [-0.05, 0) is 36.6 Å². The highest BCUT2D eigenvalue weighted by Gasteiger charge is 2.09. The van der Waals surface area contributed by atoms with Crippen LogP contribution in [-0.2, 0) is 0 Å². The maximum atomic E-state index is 12.1. The monoisotopic (exact) mass is 302 g/mol. The summed E-state index contributed by atoms with van der Waals surface area (Å²) >= 11 is 3.00. The van der Waals surface area contributed by atoms with E-state index in [1.165, 1.54) is 11.3 Å². The van der Waals surface area contributed by atoms with Crippen molar-refractivity contribution in [3.8, 4) is 11.8 Å². The molecule has 0 spiro atoms. The molecule has 0 bridgehead atoms. The molecule has 2 aromatic rings. The van der Waals surface area contributed by atoms with Crippen molar-refractivity contribution in [2.45, 2.75) is 4.90 Å². The number of anilines is 1. The van der Waals surface area contributed by atoms with Gasteiger partial charge in [0.1, 0.15) is 0 Å². The number of nitrogens with one attached hydrogen (secondary N) is 1. The van der Waals surface area contributed by atoms with E-state index in [1.807, 2.05) is 36.6 Å². The number of hydrogen-bond donors (Lipinski definition) is 2. The number of benzene rings is 1. The first-order valence-electron chi connectivity index (χ1n) is 5.97. The van der Waals surface area contributed by atoms with Crippen molar-refractivity contribution in [3.05, 3.63) is 46.2 Å². The van der Waals surface area contributed by atoms with Crippen molar-refractivity contribution in [2.24, 2.45) is 5.73 Å². The molecular formula is C15H14N2OS2. The lowest BCUT2D eigenvalue weighted by Gasteiger charge is -2.04. The highest BCUT2D eigenvalue weighted by atomic mass is 32.2. The van der Waals surface area contributed by atoms with E-state index in [2.05, 4.69) is 17.2 Å². The molecule has 0 aliphatic rings. The van der Waals surface area contributed by atoms with Crippen molar-refractivity contribution < 1.29 is 4.79 Å². The molecule has 0 aliphatic carbocycles. The molecule has 0 aliphatic heterocycles. The van der Waals surface area contributed by atoms with Crippen LogP contribution in [0.15, 0.2) is 41.3 Å². The van der Waals surface area contributed by atoms with Gasteiger partial charge >= 0.3 is 0 Å². The molecule has 3 N–H and O–H groups in total. The van der Waals surface area contributed by atoms with E-state index in [0.29, 0.717) is 11.4 Å². The fourth-order valence-corrected chi connectivity index (χ4v) is 2.79. The molecule has 0 saturated heterocycles. The third-order valence-electron chi connectivity index (χ3n) is 2.47. The molecule has 3 nitrogen and oxygen atoms in total. The predicted molar refractivity (Wildman–Crippen MR) is 86.4 cm³/mol. The van der Waals surface area contributed by atoms with E-state index < -0.39 is 0 Å². The lowest BCUT2D eigenvalue weighted by molar-refractivity contribution is 0.103. The van der Waals surface area contributed by atoms with Crippen LogP contribution in [0.4, 0.5) is 5.69 Å². The van der Waals surface area contributed by atoms with Crippen LogP contribution in [0.25, 0.3) is 0 Å². The van der Waals surface area contributed by atoms with E-state index >= 15 is 0 Å². The minimum Gasteiger partial charge on any atom is -0.321 e. The van der Waals surface area contributed by atoms with E-state index in [9.17, 15) is 4.79 Å². The van der Waals surface area contributed by atoms with E-state index in [-0.39, 0.29) is 5.91 Å². The summed E-state index contributed by atoms with van der Waals surface area (Å²) in [5, 5.41) is 2.89. The number of thiophene rings is 1. The molecular weight excluding hydrogens is 288 g/mol. The number of carbonyl (C=O) groups is 1. The Labute approximate surface area is 126 Å². The van der Waals surface area contributed by atoms with Gasteiger partial charge in [0, 0.05) is 10.6 Å². The van der Waals surface area contributed by atoms with Gasteiger partial charge in [0.25, 0.3) is 5.91 Å². The summed E-state index contributed by atoms with van der Waals surface area (Å²) in [7, 11) is 0. The quantitative estimate of drug-likeness (QED) is 0.677. The third kappa shape index (κ3) is 3.87. The van der Waals surface area contributed by atoms with Gasteiger partial charge in [-0.2, -0.15) is 0 Å². The molecule has 2 rings (SSSR count). The highest BCUT2D eigenvalue weighted by Crippen LogP contribution is 2.21. The first-order chi connectivity index (χ1) is 9.72. The Kier molecular flexibility index (Phi) is 5.24. The Morgan fingerprint density at radius 3 is 3.00 bits per heavy atom. The van der Waals surface area contributed by atoms with Crippen LogP contribution in [0.2, 0.25) is 0 Å². The summed E-state index contributed by atoms with van der Waals surface area (Å²) in [6.07, 6.45) is 2.00. The summed E-state index contributed by atoms with van der Waals surface area (Å²) in [5.74, 6) is 5.58. The van der Waals surface area contributed by atoms with Gasteiger partial charge in [0.05, 0.1) is 16.3 Å². The molecule has 20 heavy (non-hydrogen) atoms. The first-order valence-corrected chi connectivity index (χ1v) is 8.01. The van der Waals surface area contributed by atoms with Crippen molar-refractivity contribution in [1.29, 1.82) is 0 Å². The number of rotatable bonds is 3. The minimum atomic E-state index is -0.117. The van der Waals surface area contributed by atoms with Gasteiger partial charge in [-0.3, -0.25) is 4.79 Å². The summed E-state index contributed by atoms with van der Waals surface area (Å²) in [6.45, 7) is 0.320. The first kappa shape index (κ1) is 14.7. The second-order valence-corrected chi connectivity index (χ2v) is 5.82. The summed E-state index contributed by atoms with van der Waals surface area (Å²) in [4.78, 5) is 14.7. The third-order valence-corrected chi connectivity index (χ3v) is 4.20. The van der Waals surface area contributed by atoms with Gasteiger partial charge in [-0.1, -0.05) is 17.9 Å². The summed E-state index contributed by atoms with van der Waals surface area (Å²) in [5.41, 5.74) is 6.12. The fourth-order valence-electron chi connectivity index (χ4n) is 1.56. The Balaban J connectivity index is 2.09. The maximum Gasteiger partial charge on any atom is 0.265 e. The molecule has 1 aromatic carbocycles. The van der Waals surface area contributed by atoms with Gasteiger partial charge < -0.3 is 11.1 Å². The molecule has 1 aromatic heterocycles. The lowest BCUT2D eigenvalue weighted by atomic mass is 10.3. The number of carbonyl (C=O) groups excluding carboxylic acids is 1. The average Bonchev–Trinajstić information content (AvgIpc) is 2.94. The second-order valence-electron chi connectivity index (χ2n) is 3.86.